The lowest BCUT2D eigenvalue weighted by atomic mass is 10.1. The van der Waals surface area contributed by atoms with Gasteiger partial charge in [-0.1, -0.05) is 12.1 Å². The highest BCUT2D eigenvalue weighted by Crippen LogP contribution is 2.12. The van der Waals surface area contributed by atoms with Crippen molar-refractivity contribution in [1.82, 2.24) is 9.78 Å². The summed E-state index contributed by atoms with van der Waals surface area (Å²) in [7, 11) is 1.78. The number of nitrogens with zero attached hydrogens (tertiary/aromatic N) is 2. The molecule has 0 aliphatic carbocycles. The largest absolute Gasteiger partial charge is 0.326 e. The molecule has 110 valence electrons. The Kier molecular flexibility index (Phi) is 4.37. The van der Waals surface area contributed by atoms with Gasteiger partial charge in [-0.25, -0.2) is 0 Å². The van der Waals surface area contributed by atoms with Crippen LogP contribution in [0.15, 0.2) is 30.3 Å². The first kappa shape index (κ1) is 14.8. The molecule has 2 N–H and O–H groups in total. The van der Waals surface area contributed by atoms with Crippen molar-refractivity contribution in [2.45, 2.75) is 20.3 Å². The number of aromatic nitrogens is 2. The van der Waals surface area contributed by atoms with Gasteiger partial charge in [0.05, 0.1) is 12.1 Å². The molecule has 0 saturated heterocycles. The maximum Gasteiger partial charge on any atom is 0.229 e. The van der Waals surface area contributed by atoms with E-state index in [0.717, 1.165) is 11.3 Å². The second-order valence-corrected chi connectivity index (χ2v) is 4.90. The molecule has 0 atom stereocenters. The Morgan fingerprint density at radius 3 is 2.38 bits per heavy atom. The van der Waals surface area contributed by atoms with E-state index in [-0.39, 0.29) is 18.2 Å². The van der Waals surface area contributed by atoms with Gasteiger partial charge in [0.1, 0.15) is 5.82 Å². The fourth-order valence-electron chi connectivity index (χ4n) is 2.01. The van der Waals surface area contributed by atoms with Crippen LogP contribution >= 0.6 is 0 Å². The maximum atomic E-state index is 12.0. The van der Waals surface area contributed by atoms with Crippen molar-refractivity contribution < 1.29 is 9.59 Å². The van der Waals surface area contributed by atoms with Crippen molar-refractivity contribution >= 4 is 23.3 Å². The van der Waals surface area contributed by atoms with E-state index in [9.17, 15) is 9.59 Å². The zero-order chi connectivity index (χ0) is 15.4. The van der Waals surface area contributed by atoms with Gasteiger partial charge in [0.2, 0.25) is 11.8 Å². The lowest BCUT2D eigenvalue weighted by Crippen LogP contribution is -2.16. The fourth-order valence-corrected chi connectivity index (χ4v) is 2.01. The maximum absolute atomic E-state index is 12.0. The third-order valence-corrected chi connectivity index (χ3v) is 2.91. The van der Waals surface area contributed by atoms with Gasteiger partial charge in [-0.2, -0.15) is 5.10 Å². The molecule has 0 aliphatic rings. The van der Waals surface area contributed by atoms with E-state index < -0.39 is 0 Å². The number of aryl methyl sites for hydroxylation is 2. The minimum Gasteiger partial charge on any atom is -0.326 e. The summed E-state index contributed by atoms with van der Waals surface area (Å²) in [5.41, 5.74) is 2.45. The van der Waals surface area contributed by atoms with Gasteiger partial charge >= 0.3 is 0 Å². The number of carbonyl (C=O) groups excluding carboxylic acids is 2. The van der Waals surface area contributed by atoms with Crippen molar-refractivity contribution in [1.29, 1.82) is 0 Å². The fraction of sp³-hybridized carbons (Fsp3) is 0.267. The molecular formula is C15H18N4O2. The zero-order valence-corrected chi connectivity index (χ0v) is 12.3. The Morgan fingerprint density at radius 1 is 1.19 bits per heavy atom. The number of hydrogen-bond donors (Lipinski definition) is 2. The lowest BCUT2D eigenvalue weighted by Gasteiger charge is -2.06. The van der Waals surface area contributed by atoms with Crippen LogP contribution in [0.2, 0.25) is 0 Å². The summed E-state index contributed by atoms with van der Waals surface area (Å²) in [6, 6.07) is 9.01. The molecule has 21 heavy (non-hydrogen) atoms. The minimum atomic E-state index is -0.118. The minimum absolute atomic E-state index is 0.106. The van der Waals surface area contributed by atoms with E-state index in [1.165, 1.54) is 6.92 Å². The molecule has 1 heterocycles. The Labute approximate surface area is 123 Å². The zero-order valence-electron chi connectivity index (χ0n) is 12.3. The van der Waals surface area contributed by atoms with Crippen molar-refractivity contribution in [3.05, 3.63) is 41.6 Å². The summed E-state index contributed by atoms with van der Waals surface area (Å²) in [6.07, 6.45) is 0.268. The molecule has 1 aromatic carbocycles. The number of nitrogens with one attached hydrogen (secondary N) is 2. The number of benzene rings is 1. The van der Waals surface area contributed by atoms with Crippen molar-refractivity contribution in [3.63, 3.8) is 0 Å². The molecule has 2 amide bonds. The van der Waals surface area contributed by atoms with Crippen LogP contribution in [0.1, 0.15) is 18.2 Å². The monoisotopic (exact) mass is 286 g/mol. The molecule has 6 heteroatoms. The van der Waals surface area contributed by atoms with Crippen LogP contribution < -0.4 is 10.6 Å². The number of hydrogen-bond acceptors (Lipinski definition) is 3. The molecule has 0 unspecified atom stereocenters. The van der Waals surface area contributed by atoms with E-state index in [1.807, 2.05) is 25.1 Å². The summed E-state index contributed by atoms with van der Waals surface area (Å²) < 4.78 is 1.63. The van der Waals surface area contributed by atoms with E-state index in [0.29, 0.717) is 11.5 Å². The molecule has 6 nitrogen and oxygen atoms in total. The third-order valence-electron chi connectivity index (χ3n) is 2.91. The first-order valence-corrected chi connectivity index (χ1v) is 6.61. The van der Waals surface area contributed by atoms with Gasteiger partial charge in [-0.05, 0) is 24.6 Å². The second-order valence-electron chi connectivity index (χ2n) is 4.90. The first-order valence-electron chi connectivity index (χ1n) is 6.61. The normalized spacial score (nSPS) is 10.2. The molecule has 0 fully saturated rings. The lowest BCUT2D eigenvalue weighted by molar-refractivity contribution is -0.116. The number of amides is 2. The number of rotatable bonds is 4. The Morgan fingerprint density at radius 2 is 1.86 bits per heavy atom. The average molecular weight is 286 g/mol. The second kappa shape index (κ2) is 6.21. The van der Waals surface area contributed by atoms with Crippen LogP contribution in [0.3, 0.4) is 0 Å². The molecule has 0 radical (unpaired) electrons. The van der Waals surface area contributed by atoms with Gasteiger partial charge in [-0.15, -0.1) is 0 Å². The molecule has 2 aromatic rings. The quantitative estimate of drug-likeness (QED) is 0.901. The van der Waals surface area contributed by atoms with Gasteiger partial charge < -0.3 is 10.6 Å². The van der Waals surface area contributed by atoms with E-state index in [4.69, 9.17) is 0 Å². The highest BCUT2D eigenvalue weighted by Gasteiger charge is 2.08. The molecular weight excluding hydrogens is 268 g/mol. The van der Waals surface area contributed by atoms with Crippen LogP contribution in [0, 0.1) is 6.92 Å². The van der Waals surface area contributed by atoms with E-state index in [1.54, 1.807) is 23.9 Å². The molecule has 0 saturated carbocycles. The van der Waals surface area contributed by atoms with E-state index >= 15 is 0 Å². The smallest absolute Gasteiger partial charge is 0.229 e. The third kappa shape index (κ3) is 4.17. The van der Waals surface area contributed by atoms with Gasteiger partial charge in [0.25, 0.3) is 0 Å². The predicted molar refractivity (Wildman–Crippen MR) is 81.0 cm³/mol. The summed E-state index contributed by atoms with van der Waals surface area (Å²) in [5.74, 6) is 0.449. The molecule has 0 bridgehead atoms. The Balaban J connectivity index is 1.96. The highest BCUT2D eigenvalue weighted by molar-refractivity contribution is 5.92. The van der Waals surface area contributed by atoms with Crippen molar-refractivity contribution in [2.75, 3.05) is 10.6 Å². The van der Waals surface area contributed by atoms with Crippen molar-refractivity contribution in [3.8, 4) is 0 Å². The molecule has 0 aliphatic heterocycles. The highest BCUT2D eigenvalue weighted by atomic mass is 16.2. The van der Waals surface area contributed by atoms with Crippen molar-refractivity contribution in [2.24, 2.45) is 7.05 Å². The van der Waals surface area contributed by atoms with E-state index in [2.05, 4.69) is 15.7 Å². The number of carbonyl (C=O) groups is 2. The topological polar surface area (TPSA) is 76.0 Å². The van der Waals surface area contributed by atoms with Crippen LogP contribution in [-0.4, -0.2) is 21.6 Å². The van der Waals surface area contributed by atoms with Crippen LogP contribution in [0.25, 0.3) is 0 Å². The average Bonchev–Trinajstić information content (AvgIpc) is 2.69. The van der Waals surface area contributed by atoms with Gasteiger partial charge in [0, 0.05) is 25.7 Å². The summed E-state index contributed by atoms with van der Waals surface area (Å²) in [5, 5.41) is 9.67. The Bertz CT molecular complexity index is 659. The van der Waals surface area contributed by atoms with Crippen LogP contribution in [-0.2, 0) is 23.1 Å². The van der Waals surface area contributed by atoms with Gasteiger partial charge in [0.15, 0.2) is 0 Å². The van der Waals surface area contributed by atoms with Crippen LogP contribution in [0.5, 0.6) is 0 Å². The van der Waals surface area contributed by atoms with Gasteiger partial charge in [-0.3, -0.25) is 14.3 Å². The molecule has 2 rings (SSSR count). The number of anilines is 2. The molecule has 0 spiro atoms. The standard InChI is InChI=1S/C15H18N4O2/c1-10-8-14(19(3)18-10)17-15(21)9-12-4-6-13(7-5-12)16-11(2)20/h4-8H,9H2,1-3H3,(H,16,20)(H,17,21). The summed E-state index contributed by atoms with van der Waals surface area (Å²) in [4.78, 5) is 22.9. The Hall–Kier alpha value is -2.63. The SMILES string of the molecule is CC(=O)Nc1ccc(CC(=O)Nc2cc(C)nn2C)cc1. The van der Waals surface area contributed by atoms with Crippen LogP contribution in [0.4, 0.5) is 11.5 Å². The summed E-state index contributed by atoms with van der Waals surface area (Å²) >= 11 is 0. The molecule has 1 aromatic heterocycles. The first-order chi connectivity index (χ1) is 9.94. The summed E-state index contributed by atoms with van der Waals surface area (Å²) in [6.45, 7) is 3.33. The predicted octanol–water partition coefficient (Wildman–Crippen LogP) is 1.87.